The number of hydrogen-bond donors (Lipinski definition) is 0. The summed E-state index contributed by atoms with van der Waals surface area (Å²) in [7, 11) is 1.10. The molecule has 0 aromatic heterocycles. The van der Waals surface area contributed by atoms with Crippen LogP contribution in [0.2, 0.25) is 15.1 Å². The lowest BCUT2D eigenvalue weighted by atomic mass is 10.1. The van der Waals surface area contributed by atoms with Gasteiger partial charge in [0.05, 0.1) is 22.2 Å². The normalized spacial score (nSPS) is 9.87. The van der Waals surface area contributed by atoms with E-state index in [2.05, 4.69) is 4.74 Å². The molecule has 0 heterocycles. The smallest absolute Gasteiger partial charge is 0.379 e. The molecule has 15 heavy (non-hydrogen) atoms. The summed E-state index contributed by atoms with van der Waals surface area (Å²) in [6.45, 7) is 0. The minimum atomic E-state index is -1.00. The van der Waals surface area contributed by atoms with Crippen LogP contribution < -0.4 is 0 Å². The molecule has 1 aromatic rings. The number of rotatable bonds is 2. The van der Waals surface area contributed by atoms with Crippen LogP contribution in [0.15, 0.2) is 12.1 Å². The van der Waals surface area contributed by atoms with Crippen LogP contribution in [0.3, 0.4) is 0 Å². The first-order valence-corrected chi connectivity index (χ1v) is 4.88. The lowest BCUT2D eigenvalue weighted by Gasteiger charge is -2.03. The van der Waals surface area contributed by atoms with Crippen molar-refractivity contribution in [3.63, 3.8) is 0 Å². The van der Waals surface area contributed by atoms with Crippen molar-refractivity contribution in [3.8, 4) is 0 Å². The zero-order valence-electron chi connectivity index (χ0n) is 7.51. The monoisotopic (exact) mass is 266 g/mol. The summed E-state index contributed by atoms with van der Waals surface area (Å²) in [6, 6.07) is 2.52. The summed E-state index contributed by atoms with van der Waals surface area (Å²) in [6.07, 6.45) is 0. The number of carbonyl (C=O) groups excluding carboxylic acids is 2. The molecule has 0 aliphatic rings. The Bertz CT molecular complexity index is 429. The largest absolute Gasteiger partial charge is 0.463 e. The number of methoxy groups -OCH3 is 1. The molecule has 0 saturated heterocycles. The Hall–Kier alpha value is -0.770. The third kappa shape index (κ3) is 2.62. The topological polar surface area (TPSA) is 43.4 Å². The van der Waals surface area contributed by atoms with Gasteiger partial charge in [0.1, 0.15) is 0 Å². The molecule has 0 saturated carbocycles. The number of benzene rings is 1. The number of hydrogen-bond acceptors (Lipinski definition) is 3. The quantitative estimate of drug-likeness (QED) is 0.358. The molecule has 0 unspecified atom stereocenters. The Balaban J connectivity index is 3.21. The van der Waals surface area contributed by atoms with Crippen molar-refractivity contribution in [2.45, 2.75) is 0 Å². The highest BCUT2D eigenvalue weighted by Gasteiger charge is 2.20. The van der Waals surface area contributed by atoms with Gasteiger partial charge in [-0.25, -0.2) is 4.79 Å². The fourth-order valence-electron chi connectivity index (χ4n) is 0.899. The van der Waals surface area contributed by atoms with Gasteiger partial charge in [0, 0.05) is 5.56 Å². The predicted molar refractivity (Wildman–Crippen MR) is 57.8 cm³/mol. The molecule has 0 fully saturated rings. The second-order valence-corrected chi connectivity index (χ2v) is 3.79. The van der Waals surface area contributed by atoms with E-state index in [1.165, 1.54) is 12.1 Å². The van der Waals surface area contributed by atoms with Gasteiger partial charge in [-0.15, -0.1) is 0 Å². The molecule has 0 spiro atoms. The molecule has 0 amide bonds. The fraction of sp³-hybridized carbons (Fsp3) is 0.111. The molecule has 1 aromatic carbocycles. The molecule has 0 bridgehead atoms. The number of Topliss-reactive ketones (excluding diaryl/α,β-unsaturated/α-hetero) is 1. The fourth-order valence-corrected chi connectivity index (χ4v) is 1.53. The van der Waals surface area contributed by atoms with Gasteiger partial charge in [-0.3, -0.25) is 4.79 Å². The first kappa shape index (κ1) is 12.3. The molecule has 0 aliphatic heterocycles. The van der Waals surface area contributed by atoms with Crippen molar-refractivity contribution < 1.29 is 14.3 Å². The van der Waals surface area contributed by atoms with Crippen LogP contribution in [0.25, 0.3) is 0 Å². The summed E-state index contributed by atoms with van der Waals surface area (Å²) in [5.41, 5.74) is -0.0297. The van der Waals surface area contributed by atoms with Crippen molar-refractivity contribution >= 4 is 46.6 Å². The molecule has 0 atom stereocenters. The van der Waals surface area contributed by atoms with Crippen molar-refractivity contribution in [1.82, 2.24) is 0 Å². The molecule has 3 nitrogen and oxygen atoms in total. The Labute approximate surface area is 101 Å². The van der Waals surface area contributed by atoms with Crippen LogP contribution >= 0.6 is 34.8 Å². The van der Waals surface area contributed by atoms with E-state index in [1.54, 1.807) is 0 Å². The minimum absolute atomic E-state index is 0.0297. The maximum Gasteiger partial charge on any atom is 0.379 e. The maximum atomic E-state index is 11.4. The van der Waals surface area contributed by atoms with Crippen molar-refractivity contribution in [3.05, 3.63) is 32.8 Å². The second kappa shape index (κ2) is 4.84. The van der Waals surface area contributed by atoms with Crippen LogP contribution in [0.5, 0.6) is 0 Å². The molecule has 1 rings (SSSR count). The number of ketones is 1. The molecule has 0 aliphatic carbocycles. The summed E-state index contributed by atoms with van der Waals surface area (Å²) in [5.74, 6) is -1.86. The highest BCUT2D eigenvalue weighted by Crippen LogP contribution is 2.29. The van der Waals surface area contributed by atoms with E-state index >= 15 is 0 Å². The highest BCUT2D eigenvalue weighted by atomic mass is 35.5. The van der Waals surface area contributed by atoms with Gasteiger partial charge >= 0.3 is 5.97 Å². The van der Waals surface area contributed by atoms with E-state index in [9.17, 15) is 9.59 Å². The van der Waals surface area contributed by atoms with Gasteiger partial charge in [0.2, 0.25) is 0 Å². The molecule has 0 N–H and O–H groups in total. The van der Waals surface area contributed by atoms with Crippen LogP contribution in [-0.2, 0) is 9.53 Å². The van der Waals surface area contributed by atoms with Crippen molar-refractivity contribution in [2.24, 2.45) is 0 Å². The molecule has 0 radical (unpaired) electrons. The van der Waals surface area contributed by atoms with Crippen LogP contribution in [0.4, 0.5) is 0 Å². The lowest BCUT2D eigenvalue weighted by molar-refractivity contribution is -0.135. The zero-order valence-corrected chi connectivity index (χ0v) is 9.78. The minimum Gasteiger partial charge on any atom is -0.463 e. The first-order chi connectivity index (χ1) is 6.97. The average Bonchev–Trinajstić information content (AvgIpc) is 2.21. The van der Waals surface area contributed by atoms with Crippen LogP contribution in [-0.4, -0.2) is 18.9 Å². The van der Waals surface area contributed by atoms with E-state index in [-0.39, 0.29) is 20.6 Å². The Morgan fingerprint density at radius 3 is 2.13 bits per heavy atom. The second-order valence-electron chi connectivity index (χ2n) is 2.57. The van der Waals surface area contributed by atoms with E-state index in [4.69, 9.17) is 34.8 Å². The molecular formula is C9H5Cl3O3. The highest BCUT2D eigenvalue weighted by molar-refractivity contribution is 6.48. The number of esters is 1. The van der Waals surface area contributed by atoms with E-state index < -0.39 is 11.8 Å². The number of ether oxygens (including phenoxy) is 1. The van der Waals surface area contributed by atoms with Gasteiger partial charge in [-0.05, 0) is 12.1 Å². The van der Waals surface area contributed by atoms with Gasteiger partial charge in [-0.1, -0.05) is 34.8 Å². The summed E-state index contributed by atoms with van der Waals surface area (Å²) < 4.78 is 4.27. The Morgan fingerprint density at radius 2 is 1.60 bits per heavy atom. The van der Waals surface area contributed by atoms with Crippen molar-refractivity contribution in [2.75, 3.05) is 7.11 Å². The summed E-state index contributed by atoms with van der Waals surface area (Å²) >= 11 is 17.1. The Morgan fingerprint density at radius 1 is 1.07 bits per heavy atom. The first-order valence-electron chi connectivity index (χ1n) is 3.74. The number of carbonyl (C=O) groups is 2. The van der Waals surface area contributed by atoms with Gasteiger partial charge in [0.25, 0.3) is 5.78 Å². The van der Waals surface area contributed by atoms with E-state index in [1.807, 2.05) is 0 Å². The van der Waals surface area contributed by atoms with Crippen molar-refractivity contribution in [1.29, 1.82) is 0 Å². The molecule has 6 heteroatoms. The molecule has 80 valence electrons. The van der Waals surface area contributed by atoms with E-state index in [0.29, 0.717) is 0 Å². The third-order valence-electron chi connectivity index (χ3n) is 1.63. The number of halogens is 3. The SMILES string of the molecule is COC(=O)C(=O)c1cc(Cl)c(Cl)cc1Cl. The van der Waals surface area contributed by atoms with Gasteiger partial charge in [-0.2, -0.15) is 0 Å². The van der Waals surface area contributed by atoms with E-state index in [0.717, 1.165) is 7.11 Å². The average molecular weight is 267 g/mol. The van der Waals surface area contributed by atoms with Crippen LogP contribution in [0.1, 0.15) is 10.4 Å². The standard InChI is InChI=1S/C9H5Cl3O3/c1-15-9(14)8(13)4-2-6(11)7(12)3-5(4)10/h2-3H,1H3. The molecular weight excluding hydrogens is 262 g/mol. The predicted octanol–water partition coefficient (Wildman–Crippen LogP) is 3.00. The van der Waals surface area contributed by atoms with Gasteiger partial charge in [0.15, 0.2) is 0 Å². The summed E-state index contributed by atoms with van der Waals surface area (Å²) in [4.78, 5) is 22.4. The maximum absolute atomic E-state index is 11.4. The third-order valence-corrected chi connectivity index (χ3v) is 2.66. The lowest BCUT2D eigenvalue weighted by Crippen LogP contribution is -2.16. The zero-order chi connectivity index (χ0) is 11.6. The van der Waals surface area contributed by atoms with Gasteiger partial charge < -0.3 is 4.74 Å². The Kier molecular flexibility index (Phi) is 3.97. The van der Waals surface area contributed by atoms with Crippen LogP contribution in [0, 0.1) is 0 Å². The summed E-state index contributed by atoms with van der Waals surface area (Å²) in [5, 5.41) is 0.413.